The first kappa shape index (κ1) is 12.6. The zero-order chi connectivity index (χ0) is 14.1. The number of amides is 1. The normalized spacial score (nSPS) is 14.1. The van der Waals surface area contributed by atoms with Gasteiger partial charge in [0.1, 0.15) is 5.69 Å². The summed E-state index contributed by atoms with van der Waals surface area (Å²) >= 11 is 0. The topological polar surface area (TPSA) is 74.8 Å². The fourth-order valence-electron chi connectivity index (χ4n) is 1.94. The van der Waals surface area contributed by atoms with Gasteiger partial charge in [0.05, 0.1) is 5.69 Å². The van der Waals surface area contributed by atoms with Crippen molar-refractivity contribution in [3.8, 4) is 11.3 Å². The van der Waals surface area contributed by atoms with Gasteiger partial charge in [-0.2, -0.15) is 4.98 Å². The van der Waals surface area contributed by atoms with E-state index in [2.05, 4.69) is 15.3 Å². The van der Waals surface area contributed by atoms with Gasteiger partial charge < -0.3 is 10.3 Å². The molecule has 1 aliphatic rings. The Labute approximate surface area is 116 Å². The number of aromatic nitrogens is 2. The van der Waals surface area contributed by atoms with Gasteiger partial charge in [0, 0.05) is 11.6 Å². The molecule has 1 aromatic carbocycles. The summed E-state index contributed by atoms with van der Waals surface area (Å²) < 4.78 is 0. The molecule has 5 nitrogen and oxygen atoms in total. The van der Waals surface area contributed by atoms with Crippen LogP contribution in [0.4, 0.5) is 0 Å². The lowest BCUT2D eigenvalue weighted by molar-refractivity contribution is 0.0945. The third kappa shape index (κ3) is 2.77. The van der Waals surface area contributed by atoms with E-state index in [1.807, 2.05) is 31.2 Å². The lowest BCUT2D eigenvalue weighted by Crippen LogP contribution is -2.28. The Morgan fingerprint density at radius 1 is 1.30 bits per heavy atom. The van der Waals surface area contributed by atoms with Crippen molar-refractivity contribution < 1.29 is 4.79 Å². The molecule has 0 unspecified atom stereocenters. The van der Waals surface area contributed by atoms with E-state index in [1.54, 1.807) is 6.07 Å². The van der Waals surface area contributed by atoms with Crippen molar-refractivity contribution in [3.63, 3.8) is 0 Å². The fourth-order valence-corrected chi connectivity index (χ4v) is 1.94. The molecule has 1 saturated carbocycles. The Hall–Kier alpha value is -2.43. The van der Waals surface area contributed by atoms with Crippen LogP contribution in [0.2, 0.25) is 0 Å². The number of hydrogen-bond acceptors (Lipinski definition) is 3. The summed E-state index contributed by atoms with van der Waals surface area (Å²) in [7, 11) is 0. The second-order valence-electron chi connectivity index (χ2n) is 5.10. The minimum Gasteiger partial charge on any atom is -0.348 e. The molecule has 0 atom stereocenters. The van der Waals surface area contributed by atoms with Crippen LogP contribution in [0.3, 0.4) is 0 Å². The van der Waals surface area contributed by atoms with E-state index in [4.69, 9.17) is 0 Å². The lowest BCUT2D eigenvalue weighted by Gasteiger charge is -2.05. The van der Waals surface area contributed by atoms with E-state index >= 15 is 0 Å². The van der Waals surface area contributed by atoms with Crippen LogP contribution in [-0.2, 0) is 0 Å². The number of aromatic amines is 1. The Kier molecular flexibility index (Phi) is 3.10. The van der Waals surface area contributed by atoms with Gasteiger partial charge >= 0.3 is 5.69 Å². The maximum atomic E-state index is 12.0. The molecule has 0 spiro atoms. The van der Waals surface area contributed by atoms with Crippen LogP contribution in [-0.4, -0.2) is 21.9 Å². The van der Waals surface area contributed by atoms with E-state index in [1.165, 1.54) is 0 Å². The van der Waals surface area contributed by atoms with Crippen LogP contribution in [0.1, 0.15) is 28.9 Å². The van der Waals surface area contributed by atoms with E-state index < -0.39 is 5.69 Å². The molecule has 0 radical (unpaired) electrons. The number of aryl methyl sites for hydroxylation is 1. The summed E-state index contributed by atoms with van der Waals surface area (Å²) in [6.07, 6.45) is 2.01. The first-order valence-electron chi connectivity index (χ1n) is 6.61. The standard InChI is InChI=1S/C15H15N3O2/c1-9-2-4-10(5-3-9)12-8-13(18-15(20)17-12)14(19)16-11-6-7-11/h2-5,8,11H,6-7H2,1H3,(H,16,19)(H,17,18,20). The Bertz CT molecular complexity index is 700. The highest BCUT2D eigenvalue weighted by atomic mass is 16.2. The molecule has 1 heterocycles. The number of rotatable bonds is 3. The summed E-state index contributed by atoms with van der Waals surface area (Å²) in [4.78, 5) is 30.0. The average Bonchev–Trinajstić information content (AvgIpc) is 3.22. The molecule has 2 aromatic rings. The Morgan fingerprint density at radius 2 is 2.00 bits per heavy atom. The fraction of sp³-hybridized carbons (Fsp3) is 0.267. The first-order valence-corrected chi connectivity index (χ1v) is 6.61. The van der Waals surface area contributed by atoms with Crippen LogP contribution >= 0.6 is 0 Å². The quantitative estimate of drug-likeness (QED) is 0.889. The minimum absolute atomic E-state index is 0.250. The van der Waals surface area contributed by atoms with Gasteiger partial charge in [-0.25, -0.2) is 4.79 Å². The van der Waals surface area contributed by atoms with Crippen molar-refractivity contribution in [1.29, 1.82) is 0 Å². The van der Waals surface area contributed by atoms with E-state index in [9.17, 15) is 9.59 Å². The molecule has 1 aromatic heterocycles. The maximum absolute atomic E-state index is 12.0. The number of benzene rings is 1. The summed E-state index contributed by atoms with van der Waals surface area (Å²) in [5.74, 6) is -0.250. The molecule has 20 heavy (non-hydrogen) atoms. The van der Waals surface area contributed by atoms with Gasteiger partial charge in [-0.3, -0.25) is 4.79 Å². The first-order chi connectivity index (χ1) is 9.61. The van der Waals surface area contributed by atoms with Crippen LogP contribution < -0.4 is 11.0 Å². The maximum Gasteiger partial charge on any atom is 0.346 e. The van der Waals surface area contributed by atoms with Gasteiger partial charge in [0.15, 0.2) is 0 Å². The van der Waals surface area contributed by atoms with E-state index in [0.29, 0.717) is 5.69 Å². The number of nitrogens with one attached hydrogen (secondary N) is 2. The third-order valence-corrected chi connectivity index (χ3v) is 3.25. The zero-order valence-electron chi connectivity index (χ0n) is 11.1. The highest BCUT2D eigenvalue weighted by molar-refractivity contribution is 5.93. The second kappa shape index (κ2) is 4.92. The Balaban J connectivity index is 1.95. The van der Waals surface area contributed by atoms with Crippen molar-refractivity contribution >= 4 is 5.91 Å². The molecule has 3 rings (SSSR count). The van der Waals surface area contributed by atoms with Crippen LogP contribution in [0.5, 0.6) is 0 Å². The molecular formula is C15H15N3O2. The summed E-state index contributed by atoms with van der Waals surface area (Å²) in [5, 5.41) is 2.85. The van der Waals surface area contributed by atoms with Gasteiger partial charge in [-0.05, 0) is 25.8 Å². The molecule has 102 valence electrons. The van der Waals surface area contributed by atoms with E-state index in [-0.39, 0.29) is 17.6 Å². The molecule has 2 N–H and O–H groups in total. The third-order valence-electron chi connectivity index (χ3n) is 3.25. The molecule has 1 aliphatic carbocycles. The predicted molar refractivity (Wildman–Crippen MR) is 75.5 cm³/mol. The number of H-pyrrole nitrogens is 1. The van der Waals surface area contributed by atoms with Crippen molar-refractivity contribution in [2.75, 3.05) is 0 Å². The molecule has 5 heteroatoms. The van der Waals surface area contributed by atoms with Crippen LogP contribution in [0, 0.1) is 6.92 Å². The van der Waals surface area contributed by atoms with Crippen molar-refractivity contribution in [1.82, 2.24) is 15.3 Å². The number of carbonyl (C=O) groups is 1. The van der Waals surface area contributed by atoms with Crippen molar-refractivity contribution in [2.45, 2.75) is 25.8 Å². The monoisotopic (exact) mass is 269 g/mol. The van der Waals surface area contributed by atoms with Crippen LogP contribution in [0.25, 0.3) is 11.3 Å². The number of hydrogen-bond donors (Lipinski definition) is 2. The summed E-state index contributed by atoms with van der Waals surface area (Å²) in [5.41, 5.74) is 2.21. The molecule has 0 bridgehead atoms. The van der Waals surface area contributed by atoms with Crippen molar-refractivity contribution in [2.24, 2.45) is 0 Å². The summed E-state index contributed by atoms with van der Waals surface area (Å²) in [6, 6.07) is 9.54. The second-order valence-corrected chi connectivity index (χ2v) is 5.10. The number of carbonyl (C=O) groups excluding carboxylic acids is 1. The highest BCUT2D eigenvalue weighted by Gasteiger charge is 2.24. The Morgan fingerprint density at radius 3 is 2.65 bits per heavy atom. The molecule has 0 aliphatic heterocycles. The van der Waals surface area contributed by atoms with Gasteiger partial charge in [-0.15, -0.1) is 0 Å². The van der Waals surface area contributed by atoms with Gasteiger partial charge in [0.25, 0.3) is 5.91 Å². The van der Waals surface area contributed by atoms with Gasteiger partial charge in [0.2, 0.25) is 0 Å². The van der Waals surface area contributed by atoms with Crippen LogP contribution in [0.15, 0.2) is 35.1 Å². The molecular weight excluding hydrogens is 254 g/mol. The SMILES string of the molecule is Cc1ccc(-c2cc(C(=O)NC3CC3)[nH]c(=O)n2)cc1. The number of nitrogens with zero attached hydrogens (tertiary/aromatic N) is 1. The van der Waals surface area contributed by atoms with E-state index in [0.717, 1.165) is 24.0 Å². The largest absolute Gasteiger partial charge is 0.348 e. The average molecular weight is 269 g/mol. The predicted octanol–water partition coefficient (Wildman–Crippen LogP) is 1.64. The summed E-state index contributed by atoms with van der Waals surface area (Å²) in [6.45, 7) is 1.99. The molecule has 1 fully saturated rings. The lowest BCUT2D eigenvalue weighted by atomic mass is 10.1. The smallest absolute Gasteiger partial charge is 0.346 e. The van der Waals surface area contributed by atoms with Crippen molar-refractivity contribution in [3.05, 3.63) is 52.1 Å². The minimum atomic E-state index is -0.510. The highest BCUT2D eigenvalue weighted by Crippen LogP contribution is 2.20. The molecule has 1 amide bonds. The van der Waals surface area contributed by atoms with Gasteiger partial charge in [-0.1, -0.05) is 29.8 Å². The zero-order valence-corrected chi connectivity index (χ0v) is 11.1. The molecule has 0 saturated heterocycles.